The summed E-state index contributed by atoms with van der Waals surface area (Å²) in [7, 11) is 0. The van der Waals surface area contributed by atoms with Gasteiger partial charge in [0.05, 0.1) is 5.60 Å². The molecule has 0 fully saturated rings. The fourth-order valence-corrected chi connectivity index (χ4v) is 1.68. The highest BCUT2D eigenvalue weighted by Crippen LogP contribution is 2.55. The molecule has 0 amide bonds. The number of hydrogen-bond donors (Lipinski definition) is 2. The predicted molar refractivity (Wildman–Crippen MR) is 49.4 cm³/mol. The topological polar surface area (TPSA) is 57.5 Å². The molecule has 0 radical (unpaired) electrons. The number of rotatable bonds is 3. The van der Waals surface area contributed by atoms with Crippen LogP contribution in [0.15, 0.2) is 11.1 Å². The summed E-state index contributed by atoms with van der Waals surface area (Å²) in [5.74, 6) is -0.857. The molecule has 1 aliphatic rings. The van der Waals surface area contributed by atoms with Crippen LogP contribution < -0.4 is 0 Å². The summed E-state index contributed by atoms with van der Waals surface area (Å²) in [6.45, 7) is 7.12. The lowest BCUT2D eigenvalue weighted by Gasteiger charge is -2.16. The standard InChI is InChI=1S/C10H16O3/c1-9(2,13)5-6-7(8(11)12)10(6,3)4/h13H,5H2,1-4H3,(H,11,12). The molecule has 0 heterocycles. The summed E-state index contributed by atoms with van der Waals surface area (Å²) in [5.41, 5.74) is 0.206. The van der Waals surface area contributed by atoms with Gasteiger partial charge in [-0.05, 0) is 25.8 Å². The highest BCUT2D eigenvalue weighted by Gasteiger charge is 2.50. The number of carboxylic acid groups (broad SMARTS) is 1. The van der Waals surface area contributed by atoms with E-state index in [1.54, 1.807) is 13.8 Å². The largest absolute Gasteiger partial charge is 0.478 e. The Balaban J connectivity index is 2.78. The normalized spacial score (nSPS) is 20.4. The van der Waals surface area contributed by atoms with Gasteiger partial charge in [-0.3, -0.25) is 0 Å². The lowest BCUT2D eigenvalue weighted by Crippen LogP contribution is -2.18. The van der Waals surface area contributed by atoms with E-state index < -0.39 is 11.6 Å². The van der Waals surface area contributed by atoms with Crippen molar-refractivity contribution in [3.8, 4) is 0 Å². The second-order valence-corrected chi connectivity index (χ2v) is 4.77. The highest BCUT2D eigenvalue weighted by atomic mass is 16.4. The van der Waals surface area contributed by atoms with Gasteiger partial charge in [0.25, 0.3) is 0 Å². The molecule has 0 aromatic rings. The van der Waals surface area contributed by atoms with Gasteiger partial charge in [0.1, 0.15) is 0 Å². The SMILES string of the molecule is CC(C)(O)CC1=C(C(=O)O)C1(C)C. The van der Waals surface area contributed by atoms with Gasteiger partial charge < -0.3 is 10.2 Å². The van der Waals surface area contributed by atoms with Crippen molar-refractivity contribution >= 4 is 5.97 Å². The van der Waals surface area contributed by atoms with Crippen LogP contribution in [0.1, 0.15) is 34.1 Å². The molecule has 0 unspecified atom stereocenters. The van der Waals surface area contributed by atoms with Crippen LogP contribution in [0.3, 0.4) is 0 Å². The Morgan fingerprint density at radius 2 is 1.92 bits per heavy atom. The van der Waals surface area contributed by atoms with E-state index in [-0.39, 0.29) is 5.41 Å². The van der Waals surface area contributed by atoms with Crippen molar-refractivity contribution in [1.82, 2.24) is 0 Å². The van der Waals surface area contributed by atoms with Crippen molar-refractivity contribution in [1.29, 1.82) is 0 Å². The number of carboxylic acids is 1. The van der Waals surface area contributed by atoms with Gasteiger partial charge in [-0.25, -0.2) is 4.79 Å². The molecular formula is C10H16O3. The third-order valence-corrected chi connectivity index (χ3v) is 2.44. The first-order valence-electron chi connectivity index (χ1n) is 4.36. The van der Waals surface area contributed by atoms with Crippen molar-refractivity contribution in [2.75, 3.05) is 0 Å². The quantitative estimate of drug-likeness (QED) is 0.700. The maximum absolute atomic E-state index is 10.7. The van der Waals surface area contributed by atoms with Crippen molar-refractivity contribution in [2.45, 2.75) is 39.7 Å². The lowest BCUT2D eigenvalue weighted by molar-refractivity contribution is -0.132. The molecule has 0 saturated carbocycles. The molecule has 3 heteroatoms. The monoisotopic (exact) mass is 184 g/mol. The summed E-state index contributed by atoms with van der Waals surface area (Å²) >= 11 is 0. The molecule has 0 saturated heterocycles. The maximum atomic E-state index is 10.7. The molecule has 0 aromatic carbocycles. The van der Waals surface area contributed by atoms with Crippen molar-refractivity contribution in [2.24, 2.45) is 5.41 Å². The molecular weight excluding hydrogens is 168 g/mol. The zero-order chi connectivity index (χ0) is 10.4. The van der Waals surface area contributed by atoms with E-state index in [9.17, 15) is 9.90 Å². The zero-order valence-electron chi connectivity index (χ0n) is 8.51. The summed E-state index contributed by atoms with van der Waals surface area (Å²) < 4.78 is 0. The smallest absolute Gasteiger partial charge is 0.332 e. The fraction of sp³-hybridized carbons (Fsp3) is 0.700. The van der Waals surface area contributed by atoms with Gasteiger partial charge in [0.15, 0.2) is 0 Å². The molecule has 0 atom stereocenters. The first-order valence-corrected chi connectivity index (χ1v) is 4.36. The number of aliphatic carboxylic acids is 1. The highest BCUT2D eigenvalue weighted by molar-refractivity contribution is 5.96. The fourth-order valence-electron chi connectivity index (χ4n) is 1.68. The molecule has 1 aliphatic carbocycles. The number of hydrogen-bond acceptors (Lipinski definition) is 2. The summed E-state index contributed by atoms with van der Waals surface area (Å²) in [5, 5.41) is 18.3. The summed E-state index contributed by atoms with van der Waals surface area (Å²) in [6.07, 6.45) is 0.446. The van der Waals surface area contributed by atoms with Gasteiger partial charge in [0.2, 0.25) is 0 Å². The average molecular weight is 184 g/mol. The Kier molecular flexibility index (Phi) is 2.03. The summed E-state index contributed by atoms with van der Waals surface area (Å²) in [4.78, 5) is 10.7. The molecule has 2 N–H and O–H groups in total. The third-order valence-electron chi connectivity index (χ3n) is 2.44. The molecule has 1 rings (SSSR count). The van der Waals surface area contributed by atoms with E-state index in [0.29, 0.717) is 12.0 Å². The number of carbonyl (C=O) groups is 1. The lowest BCUT2D eigenvalue weighted by atomic mass is 9.96. The molecule has 0 aromatic heterocycles. The van der Waals surface area contributed by atoms with Crippen molar-refractivity contribution in [3.63, 3.8) is 0 Å². The van der Waals surface area contributed by atoms with Crippen LogP contribution in [-0.4, -0.2) is 21.8 Å². The second-order valence-electron chi connectivity index (χ2n) is 4.77. The van der Waals surface area contributed by atoms with Crippen molar-refractivity contribution in [3.05, 3.63) is 11.1 Å². The predicted octanol–water partition coefficient (Wildman–Crippen LogP) is 1.57. The molecule has 0 bridgehead atoms. The van der Waals surface area contributed by atoms with Crippen LogP contribution in [0.25, 0.3) is 0 Å². The Morgan fingerprint density at radius 1 is 1.46 bits per heavy atom. The average Bonchev–Trinajstić information content (AvgIpc) is 2.28. The van der Waals surface area contributed by atoms with Gasteiger partial charge in [-0.2, -0.15) is 0 Å². The molecule has 74 valence electrons. The zero-order valence-corrected chi connectivity index (χ0v) is 8.51. The minimum absolute atomic E-state index is 0.314. The van der Waals surface area contributed by atoms with Crippen molar-refractivity contribution < 1.29 is 15.0 Å². The summed E-state index contributed by atoms with van der Waals surface area (Å²) in [6, 6.07) is 0. The van der Waals surface area contributed by atoms with Gasteiger partial charge in [-0.1, -0.05) is 13.8 Å². The van der Waals surface area contributed by atoms with Crippen LogP contribution in [0.4, 0.5) is 0 Å². The van der Waals surface area contributed by atoms with Gasteiger partial charge >= 0.3 is 5.97 Å². The van der Waals surface area contributed by atoms with Crippen LogP contribution in [0.5, 0.6) is 0 Å². The van der Waals surface area contributed by atoms with E-state index in [1.807, 2.05) is 13.8 Å². The molecule has 3 nitrogen and oxygen atoms in total. The third kappa shape index (κ3) is 1.91. The van der Waals surface area contributed by atoms with E-state index >= 15 is 0 Å². The Bertz CT molecular complexity index is 279. The molecule has 0 spiro atoms. The van der Waals surface area contributed by atoms with Gasteiger partial charge in [-0.15, -0.1) is 0 Å². The van der Waals surface area contributed by atoms with E-state index in [1.165, 1.54) is 0 Å². The Morgan fingerprint density at radius 3 is 2.15 bits per heavy atom. The van der Waals surface area contributed by atoms with E-state index in [0.717, 1.165) is 5.57 Å². The molecule has 13 heavy (non-hydrogen) atoms. The second kappa shape index (κ2) is 2.58. The van der Waals surface area contributed by atoms with Crippen LogP contribution in [-0.2, 0) is 4.79 Å². The van der Waals surface area contributed by atoms with Gasteiger partial charge in [0, 0.05) is 11.0 Å². The Hall–Kier alpha value is -0.830. The van der Waals surface area contributed by atoms with Crippen LogP contribution in [0, 0.1) is 5.41 Å². The van der Waals surface area contributed by atoms with Crippen LogP contribution in [0.2, 0.25) is 0 Å². The van der Waals surface area contributed by atoms with E-state index in [2.05, 4.69) is 0 Å². The number of aliphatic hydroxyl groups is 1. The first kappa shape index (κ1) is 10.3. The van der Waals surface area contributed by atoms with E-state index in [4.69, 9.17) is 5.11 Å². The maximum Gasteiger partial charge on any atom is 0.332 e. The minimum Gasteiger partial charge on any atom is -0.478 e. The van der Waals surface area contributed by atoms with Crippen LogP contribution >= 0.6 is 0 Å². The minimum atomic E-state index is -0.857. The Labute approximate surface area is 78.1 Å². The first-order chi connectivity index (χ1) is 5.66. The molecule has 0 aliphatic heterocycles.